The van der Waals surface area contributed by atoms with Crippen molar-refractivity contribution in [2.45, 2.75) is 51.4 Å². The van der Waals surface area contributed by atoms with Crippen molar-refractivity contribution in [1.29, 1.82) is 0 Å². The predicted molar refractivity (Wildman–Crippen MR) is 124 cm³/mol. The standard InChI is InChI=1S/C24H25F3N4O3S/c1-14(2)20-12-29-22(35-20)17-6-16(7-19(8-17)34-13-18-4-3-5-33-18)21(32)28-9-15-10-30-23(31-11-15)24(25,26)27/h6-8,10-12,14,18H,3-5,9,13H2,1-2H3,(H,28,32)/t18-/m0/s1. The molecule has 186 valence electrons. The van der Waals surface area contributed by atoms with Crippen LogP contribution in [0.3, 0.4) is 0 Å². The molecule has 0 unspecified atom stereocenters. The fourth-order valence-electron chi connectivity index (χ4n) is 3.47. The molecule has 2 aromatic heterocycles. The van der Waals surface area contributed by atoms with Gasteiger partial charge in [0.15, 0.2) is 0 Å². The molecule has 1 saturated heterocycles. The largest absolute Gasteiger partial charge is 0.491 e. The van der Waals surface area contributed by atoms with Crippen molar-refractivity contribution in [3.05, 3.63) is 58.6 Å². The number of nitrogens with zero attached hydrogens (tertiary/aromatic N) is 3. The normalized spacial score (nSPS) is 16.0. The van der Waals surface area contributed by atoms with Gasteiger partial charge < -0.3 is 14.8 Å². The molecule has 0 bridgehead atoms. The van der Waals surface area contributed by atoms with Crippen molar-refractivity contribution in [1.82, 2.24) is 20.3 Å². The highest BCUT2D eigenvalue weighted by Gasteiger charge is 2.34. The average molecular weight is 507 g/mol. The van der Waals surface area contributed by atoms with E-state index in [1.165, 1.54) is 0 Å². The third-order valence-electron chi connectivity index (χ3n) is 5.38. The van der Waals surface area contributed by atoms with Gasteiger partial charge in [-0.2, -0.15) is 13.2 Å². The molecule has 1 atom stereocenters. The minimum Gasteiger partial charge on any atom is -0.491 e. The van der Waals surface area contributed by atoms with Gasteiger partial charge in [0.05, 0.1) is 6.10 Å². The second-order valence-corrected chi connectivity index (χ2v) is 9.57. The second kappa shape index (κ2) is 10.7. The quantitative estimate of drug-likeness (QED) is 0.450. The number of aromatic nitrogens is 3. The van der Waals surface area contributed by atoms with Crippen LogP contribution in [0.5, 0.6) is 5.75 Å². The van der Waals surface area contributed by atoms with Crippen LogP contribution >= 0.6 is 11.3 Å². The Labute approximate surface area is 204 Å². The van der Waals surface area contributed by atoms with Crippen LogP contribution < -0.4 is 10.1 Å². The molecule has 1 aliphatic heterocycles. The van der Waals surface area contributed by atoms with Crippen LogP contribution in [0, 0.1) is 0 Å². The van der Waals surface area contributed by atoms with E-state index < -0.39 is 17.9 Å². The summed E-state index contributed by atoms with van der Waals surface area (Å²) >= 11 is 1.55. The lowest BCUT2D eigenvalue weighted by Gasteiger charge is -2.14. The summed E-state index contributed by atoms with van der Waals surface area (Å²) < 4.78 is 49.5. The molecule has 0 spiro atoms. The van der Waals surface area contributed by atoms with E-state index in [0.717, 1.165) is 40.7 Å². The first kappa shape index (κ1) is 25.1. The van der Waals surface area contributed by atoms with E-state index in [0.29, 0.717) is 36.0 Å². The minimum atomic E-state index is -4.62. The monoisotopic (exact) mass is 506 g/mol. The smallest absolute Gasteiger partial charge is 0.451 e. The van der Waals surface area contributed by atoms with E-state index in [1.807, 2.05) is 12.3 Å². The Hall–Kier alpha value is -3.05. The van der Waals surface area contributed by atoms with E-state index in [9.17, 15) is 18.0 Å². The summed E-state index contributed by atoms with van der Waals surface area (Å²) in [5, 5.41) is 3.47. The van der Waals surface area contributed by atoms with Gasteiger partial charge in [0.25, 0.3) is 5.91 Å². The van der Waals surface area contributed by atoms with Crippen molar-refractivity contribution in [2.75, 3.05) is 13.2 Å². The zero-order chi connectivity index (χ0) is 25.0. The minimum absolute atomic E-state index is 0.0167. The maximum Gasteiger partial charge on any atom is 0.451 e. The lowest BCUT2D eigenvalue weighted by atomic mass is 10.1. The van der Waals surface area contributed by atoms with Crippen molar-refractivity contribution in [3.8, 4) is 16.3 Å². The topological polar surface area (TPSA) is 86.2 Å². The van der Waals surface area contributed by atoms with Gasteiger partial charge in [-0.05, 0) is 37.0 Å². The molecule has 0 radical (unpaired) electrons. The van der Waals surface area contributed by atoms with Crippen LogP contribution in [0.15, 0.2) is 36.8 Å². The highest BCUT2D eigenvalue weighted by Crippen LogP contribution is 2.32. The van der Waals surface area contributed by atoms with Crippen molar-refractivity contribution in [2.24, 2.45) is 0 Å². The molecule has 3 heterocycles. The number of carbonyl (C=O) groups excluding carboxylic acids is 1. The number of carbonyl (C=O) groups is 1. The zero-order valence-electron chi connectivity index (χ0n) is 19.3. The van der Waals surface area contributed by atoms with Gasteiger partial charge in [-0.25, -0.2) is 15.0 Å². The van der Waals surface area contributed by atoms with Crippen LogP contribution in [-0.2, 0) is 17.5 Å². The molecule has 0 aliphatic carbocycles. The third kappa shape index (κ3) is 6.55. The number of nitrogens with one attached hydrogen (secondary N) is 1. The van der Waals surface area contributed by atoms with Crippen LogP contribution in [0.2, 0.25) is 0 Å². The van der Waals surface area contributed by atoms with Gasteiger partial charge in [-0.1, -0.05) is 13.8 Å². The molecule has 0 saturated carbocycles. The highest BCUT2D eigenvalue weighted by molar-refractivity contribution is 7.15. The molecule has 1 amide bonds. The summed E-state index contributed by atoms with van der Waals surface area (Å²) in [4.78, 5) is 25.2. The molecule has 7 nitrogen and oxygen atoms in total. The number of hydrogen-bond acceptors (Lipinski definition) is 7. The summed E-state index contributed by atoms with van der Waals surface area (Å²) in [6.45, 7) is 5.24. The molecular formula is C24H25F3N4O3S. The molecule has 11 heteroatoms. The zero-order valence-corrected chi connectivity index (χ0v) is 20.1. The number of rotatable bonds is 8. The Bertz CT molecular complexity index is 1160. The van der Waals surface area contributed by atoms with E-state index in [4.69, 9.17) is 9.47 Å². The van der Waals surface area contributed by atoms with Gasteiger partial charge in [-0.15, -0.1) is 11.3 Å². The van der Waals surface area contributed by atoms with E-state index in [2.05, 4.69) is 34.1 Å². The predicted octanol–water partition coefficient (Wildman–Crippen LogP) is 5.23. The molecule has 35 heavy (non-hydrogen) atoms. The number of thiazole rings is 1. The molecule has 1 fully saturated rings. The first-order valence-corrected chi connectivity index (χ1v) is 12.0. The maximum atomic E-state index is 12.9. The Kier molecular flexibility index (Phi) is 7.66. The Morgan fingerprint density at radius 2 is 1.97 bits per heavy atom. The molecule has 1 N–H and O–H groups in total. The molecule has 1 aromatic carbocycles. The summed E-state index contributed by atoms with van der Waals surface area (Å²) in [7, 11) is 0. The van der Waals surface area contributed by atoms with Crippen LogP contribution in [-0.4, -0.2) is 40.2 Å². The molecule has 3 aromatic rings. The number of amides is 1. The maximum absolute atomic E-state index is 12.9. The van der Waals surface area contributed by atoms with Crippen LogP contribution in [0.4, 0.5) is 13.2 Å². The lowest BCUT2D eigenvalue weighted by molar-refractivity contribution is -0.145. The van der Waals surface area contributed by atoms with Gasteiger partial charge in [0, 0.05) is 53.3 Å². The Morgan fingerprint density at radius 1 is 1.20 bits per heavy atom. The Balaban J connectivity index is 1.52. The molecular weight excluding hydrogens is 481 g/mol. The van der Waals surface area contributed by atoms with Crippen molar-refractivity contribution >= 4 is 17.2 Å². The first-order valence-electron chi connectivity index (χ1n) is 11.2. The number of benzene rings is 1. The fourth-order valence-corrected chi connectivity index (χ4v) is 4.37. The van der Waals surface area contributed by atoms with E-state index in [-0.39, 0.29) is 12.6 Å². The summed E-state index contributed by atoms with van der Waals surface area (Å²) in [6.07, 6.45) is 1.24. The average Bonchev–Trinajstić information content (AvgIpc) is 3.53. The molecule has 4 rings (SSSR count). The van der Waals surface area contributed by atoms with Gasteiger partial charge in [0.1, 0.15) is 17.4 Å². The first-order chi connectivity index (χ1) is 16.7. The van der Waals surface area contributed by atoms with Gasteiger partial charge in [0.2, 0.25) is 5.82 Å². The van der Waals surface area contributed by atoms with Crippen LogP contribution in [0.25, 0.3) is 10.6 Å². The van der Waals surface area contributed by atoms with Gasteiger partial charge in [-0.3, -0.25) is 4.79 Å². The second-order valence-electron chi connectivity index (χ2n) is 8.51. The summed E-state index contributed by atoms with van der Waals surface area (Å²) in [6, 6.07) is 5.20. The van der Waals surface area contributed by atoms with Crippen molar-refractivity contribution in [3.63, 3.8) is 0 Å². The van der Waals surface area contributed by atoms with Crippen molar-refractivity contribution < 1.29 is 27.4 Å². The number of alkyl halides is 3. The van der Waals surface area contributed by atoms with Gasteiger partial charge >= 0.3 is 6.18 Å². The number of hydrogen-bond donors (Lipinski definition) is 1. The van der Waals surface area contributed by atoms with E-state index in [1.54, 1.807) is 23.5 Å². The third-order valence-corrected chi connectivity index (χ3v) is 6.73. The van der Waals surface area contributed by atoms with E-state index >= 15 is 0 Å². The number of halogens is 3. The highest BCUT2D eigenvalue weighted by atomic mass is 32.1. The fraction of sp³-hybridized carbons (Fsp3) is 0.417. The Morgan fingerprint density at radius 3 is 2.60 bits per heavy atom. The summed E-state index contributed by atoms with van der Waals surface area (Å²) in [5.74, 6) is -0.789. The lowest BCUT2D eigenvalue weighted by Crippen LogP contribution is -2.23. The number of ether oxygens (including phenoxy) is 2. The SMILES string of the molecule is CC(C)c1cnc(-c2cc(OC[C@@H]3CCCO3)cc(C(=O)NCc3cnc(C(F)(F)F)nc3)c2)s1. The molecule has 1 aliphatic rings. The summed E-state index contributed by atoms with van der Waals surface area (Å²) in [5.41, 5.74) is 1.44. The van der Waals surface area contributed by atoms with Crippen LogP contribution in [0.1, 0.15) is 59.2 Å².